The van der Waals surface area contributed by atoms with Crippen molar-refractivity contribution in [2.75, 3.05) is 4.72 Å². The molecule has 0 amide bonds. The maximum absolute atomic E-state index is 12.2. The highest BCUT2D eigenvalue weighted by molar-refractivity contribution is 7.92. The second-order valence-corrected chi connectivity index (χ2v) is 6.07. The Kier molecular flexibility index (Phi) is 4.58. The van der Waals surface area contributed by atoms with Gasteiger partial charge in [0.2, 0.25) is 0 Å². The third kappa shape index (κ3) is 3.71. The molecular weight excluding hydrogens is 270 g/mol. The highest BCUT2D eigenvalue weighted by atomic mass is 32.2. The topological polar surface area (TPSA) is 46.2 Å². The molecule has 3 nitrogen and oxygen atoms in total. The lowest BCUT2D eigenvalue weighted by Crippen LogP contribution is -2.12. The van der Waals surface area contributed by atoms with Gasteiger partial charge >= 0.3 is 0 Å². The number of hydrogen-bond acceptors (Lipinski definition) is 2. The highest BCUT2D eigenvalue weighted by Gasteiger charge is 2.13. The zero-order chi connectivity index (χ0) is 14.4. The molecule has 2 aromatic carbocycles. The van der Waals surface area contributed by atoms with Crippen LogP contribution in [-0.4, -0.2) is 8.42 Å². The molecule has 0 unspecified atom stereocenters. The summed E-state index contributed by atoms with van der Waals surface area (Å²) >= 11 is 0. The quantitative estimate of drug-likeness (QED) is 0.854. The van der Waals surface area contributed by atoms with Crippen molar-refractivity contribution < 1.29 is 8.42 Å². The molecule has 0 heterocycles. The molecule has 0 saturated carbocycles. The summed E-state index contributed by atoms with van der Waals surface area (Å²) in [5.41, 5.74) is 1.65. The summed E-state index contributed by atoms with van der Waals surface area (Å²) in [6.45, 7) is 1.96. The van der Waals surface area contributed by atoms with Gasteiger partial charge in [-0.25, -0.2) is 8.42 Å². The SMILES string of the molecule is CC=CCc1ccc(S(=O)(=O)Nc2ccccc2)cc1. The van der Waals surface area contributed by atoms with E-state index in [2.05, 4.69) is 4.72 Å². The number of anilines is 1. The summed E-state index contributed by atoms with van der Waals surface area (Å²) in [6.07, 6.45) is 4.82. The molecule has 0 aromatic heterocycles. The first-order valence-corrected chi connectivity index (χ1v) is 7.88. The zero-order valence-electron chi connectivity index (χ0n) is 11.3. The number of sulfonamides is 1. The molecule has 0 aliphatic rings. The van der Waals surface area contributed by atoms with E-state index >= 15 is 0 Å². The van der Waals surface area contributed by atoms with E-state index < -0.39 is 10.0 Å². The molecule has 0 aliphatic heterocycles. The van der Waals surface area contributed by atoms with Crippen LogP contribution in [0.3, 0.4) is 0 Å². The van der Waals surface area contributed by atoms with Gasteiger partial charge in [0.25, 0.3) is 10.0 Å². The molecule has 0 fully saturated rings. The molecule has 0 aliphatic carbocycles. The summed E-state index contributed by atoms with van der Waals surface area (Å²) in [5, 5.41) is 0. The maximum atomic E-state index is 12.2. The van der Waals surface area contributed by atoms with Gasteiger partial charge in [0.1, 0.15) is 0 Å². The average Bonchev–Trinajstić information content (AvgIpc) is 2.46. The minimum atomic E-state index is -3.52. The Morgan fingerprint density at radius 2 is 1.65 bits per heavy atom. The van der Waals surface area contributed by atoms with Crippen LogP contribution in [0.4, 0.5) is 5.69 Å². The number of nitrogens with one attached hydrogen (secondary N) is 1. The van der Waals surface area contributed by atoms with Gasteiger partial charge in [0.15, 0.2) is 0 Å². The van der Waals surface area contributed by atoms with Crippen LogP contribution in [0.5, 0.6) is 0 Å². The Morgan fingerprint density at radius 3 is 2.25 bits per heavy atom. The van der Waals surface area contributed by atoms with Gasteiger partial charge < -0.3 is 0 Å². The number of benzene rings is 2. The number of para-hydroxylation sites is 1. The normalized spacial score (nSPS) is 11.7. The van der Waals surface area contributed by atoms with Gasteiger partial charge in [0.05, 0.1) is 4.90 Å². The van der Waals surface area contributed by atoms with Crippen molar-refractivity contribution in [3.63, 3.8) is 0 Å². The Bertz CT molecular complexity index is 674. The van der Waals surface area contributed by atoms with E-state index in [9.17, 15) is 8.42 Å². The first-order chi connectivity index (χ1) is 9.62. The van der Waals surface area contributed by atoms with E-state index in [4.69, 9.17) is 0 Å². The number of allylic oxidation sites excluding steroid dienone is 2. The van der Waals surface area contributed by atoms with Gasteiger partial charge in [-0.3, -0.25) is 4.72 Å². The molecule has 104 valence electrons. The van der Waals surface area contributed by atoms with Crippen molar-refractivity contribution in [2.45, 2.75) is 18.2 Å². The highest BCUT2D eigenvalue weighted by Crippen LogP contribution is 2.16. The smallest absolute Gasteiger partial charge is 0.261 e. The molecule has 1 N–H and O–H groups in total. The van der Waals surface area contributed by atoms with Crippen molar-refractivity contribution in [3.05, 3.63) is 72.3 Å². The molecule has 20 heavy (non-hydrogen) atoms. The Hall–Kier alpha value is -2.07. The fourth-order valence-corrected chi connectivity index (χ4v) is 2.84. The lowest BCUT2D eigenvalue weighted by molar-refractivity contribution is 0.601. The molecular formula is C16H17NO2S. The van der Waals surface area contributed by atoms with Crippen molar-refractivity contribution in [2.24, 2.45) is 0 Å². The van der Waals surface area contributed by atoms with Crippen LogP contribution in [0.15, 0.2) is 71.6 Å². The molecule has 0 saturated heterocycles. The standard InChI is InChI=1S/C16H17NO2S/c1-2-3-7-14-10-12-16(13-11-14)20(18,19)17-15-8-5-4-6-9-15/h2-6,8-13,17H,7H2,1H3. The van der Waals surface area contributed by atoms with Crippen LogP contribution >= 0.6 is 0 Å². The fraction of sp³-hybridized carbons (Fsp3) is 0.125. The van der Waals surface area contributed by atoms with Crippen LogP contribution in [0.1, 0.15) is 12.5 Å². The van der Waals surface area contributed by atoms with E-state index in [0.29, 0.717) is 5.69 Å². The lowest BCUT2D eigenvalue weighted by atomic mass is 10.1. The van der Waals surface area contributed by atoms with Crippen molar-refractivity contribution in [1.29, 1.82) is 0 Å². The third-order valence-electron chi connectivity index (χ3n) is 2.85. The van der Waals surface area contributed by atoms with Crippen LogP contribution in [0.25, 0.3) is 0 Å². The number of hydrogen-bond donors (Lipinski definition) is 1. The Balaban J connectivity index is 2.17. The van der Waals surface area contributed by atoms with Gasteiger partial charge in [0, 0.05) is 5.69 Å². The average molecular weight is 287 g/mol. The van der Waals surface area contributed by atoms with Crippen molar-refractivity contribution in [3.8, 4) is 0 Å². The minimum absolute atomic E-state index is 0.269. The van der Waals surface area contributed by atoms with Gasteiger partial charge in [-0.05, 0) is 43.2 Å². The largest absolute Gasteiger partial charge is 0.280 e. The predicted octanol–water partition coefficient (Wildman–Crippen LogP) is 3.61. The second kappa shape index (κ2) is 6.39. The minimum Gasteiger partial charge on any atom is -0.280 e. The molecule has 4 heteroatoms. The number of rotatable bonds is 5. The lowest BCUT2D eigenvalue weighted by Gasteiger charge is -2.08. The Labute approximate surface area is 120 Å². The molecule has 2 rings (SSSR count). The summed E-state index contributed by atoms with van der Waals surface area (Å²) in [4.78, 5) is 0.269. The van der Waals surface area contributed by atoms with E-state index in [0.717, 1.165) is 12.0 Å². The van der Waals surface area contributed by atoms with E-state index in [-0.39, 0.29) is 4.90 Å². The van der Waals surface area contributed by atoms with Gasteiger partial charge in [-0.1, -0.05) is 42.5 Å². The summed E-state index contributed by atoms with van der Waals surface area (Å²) in [5.74, 6) is 0. The third-order valence-corrected chi connectivity index (χ3v) is 4.25. The van der Waals surface area contributed by atoms with Crippen LogP contribution in [0, 0.1) is 0 Å². The molecule has 0 radical (unpaired) electrons. The maximum Gasteiger partial charge on any atom is 0.261 e. The first-order valence-electron chi connectivity index (χ1n) is 6.40. The summed E-state index contributed by atoms with van der Waals surface area (Å²) in [7, 11) is -3.52. The van der Waals surface area contributed by atoms with Crippen molar-refractivity contribution >= 4 is 15.7 Å². The summed E-state index contributed by atoms with van der Waals surface area (Å²) < 4.78 is 27.0. The Morgan fingerprint density at radius 1 is 1.00 bits per heavy atom. The van der Waals surface area contributed by atoms with E-state index in [1.54, 1.807) is 36.4 Å². The first kappa shape index (κ1) is 14.3. The predicted molar refractivity (Wildman–Crippen MR) is 82.2 cm³/mol. The van der Waals surface area contributed by atoms with E-state index in [1.807, 2.05) is 37.3 Å². The van der Waals surface area contributed by atoms with E-state index in [1.165, 1.54) is 0 Å². The van der Waals surface area contributed by atoms with Crippen LogP contribution in [0.2, 0.25) is 0 Å². The van der Waals surface area contributed by atoms with Crippen molar-refractivity contribution in [1.82, 2.24) is 0 Å². The molecule has 2 aromatic rings. The molecule has 0 atom stereocenters. The van der Waals surface area contributed by atoms with Gasteiger partial charge in [-0.15, -0.1) is 0 Å². The van der Waals surface area contributed by atoms with Gasteiger partial charge in [-0.2, -0.15) is 0 Å². The second-order valence-electron chi connectivity index (χ2n) is 4.39. The molecule has 0 spiro atoms. The summed E-state index contributed by atoms with van der Waals surface area (Å²) in [6, 6.07) is 15.8. The fourth-order valence-electron chi connectivity index (χ4n) is 1.78. The van der Waals surface area contributed by atoms with Crippen LogP contribution in [-0.2, 0) is 16.4 Å². The molecule has 0 bridgehead atoms. The zero-order valence-corrected chi connectivity index (χ0v) is 12.1. The monoisotopic (exact) mass is 287 g/mol. The van der Waals surface area contributed by atoms with Crippen LogP contribution < -0.4 is 4.72 Å².